The lowest BCUT2D eigenvalue weighted by atomic mass is 10.1. The van der Waals surface area contributed by atoms with E-state index < -0.39 is 0 Å². The van der Waals surface area contributed by atoms with Gasteiger partial charge >= 0.3 is 0 Å². The summed E-state index contributed by atoms with van der Waals surface area (Å²) in [5.41, 5.74) is 7.38. The number of nitrogens with zero attached hydrogens (tertiary/aromatic N) is 2. The van der Waals surface area contributed by atoms with Gasteiger partial charge in [0.1, 0.15) is 0 Å². The van der Waals surface area contributed by atoms with Gasteiger partial charge in [-0.05, 0) is 19.3 Å². The number of carbonyl (C=O) groups is 1. The minimum atomic E-state index is -0.273. The monoisotopic (exact) mass is 265 g/mol. The van der Waals surface area contributed by atoms with Gasteiger partial charge < -0.3 is 5.73 Å². The maximum absolute atomic E-state index is 11.1. The summed E-state index contributed by atoms with van der Waals surface area (Å²) in [4.78, 5) is 11.1. The van der Waals surface area contributed by atoms with Crippen LogP contribution >= 0.6 is 0 Å². The molecule has 0 aliphatic rings. The van der Waals surface area contributed by atoms with Gasteiger partial charge in [-0.15, -0.1) is 0 Å². The average Bonchev–Trinajstić information content (AvgIpc) is 2.72. The molecule has 0 saturated heterocycles. The molecule has 0 aliphatic carbocycles. The first-order chi connectivity index (χ1) is 9.17. The molecule has 0 atom stereocenters. The number of hydrogen-bond donors (Lipinski definition) is 1. The molecule has 1 aromatic rings. The summed E-state index contributed by atoms with van der Waals surface area (Å²) < 4.78 is 1.98. The zero-order valence-corrected chi connectivity index (χ0v) is 12.3. The van der Waals surface area contributed by atoms with Crippen molar-refractivity contribution in [2.45, 2.75) is 71.8 Å². The maximum atomic E-state index is 11.1. The van der Waals surface area contributed by atoms with Gasteiger partial charge in [-0.2, -0.15) is 5.10 Å². The third kappa shape index (κ3) is 5.90. The fraction of sp³-hybridized carbons (Fsp3) is 0.733. The van der Waals surface area contributed by atoms with Gasteiger partial charge in [-0.3, -0.25) is 9.48 Å². The first-order valence-corrected chi connectivity index (χ1v) is 7.50. The van der Waals surface area contributed by atoms with Crippen LogP contribution in [0.2, 0.25) is 0 Å². The normalized spacial score (nSPS) is 10.8. The molecule has 0 unspecified atom stereocenters. The van der Waals surface area contributed by atoms with Crippen molar-refractivity contribution < 1.29 is 4.79 Å². The number of hydrogen-bond acceptors (Lipinski definition) is 2. The topological polar surface area (TPSA) is 60.9 Å². The molecule has 2 N–H and O–H groups in total. The molecule has 0 radical (unpaired) electrons. The summed E-state index contributed by atoms with van der Waals surface area (Å²) in [5.74, 6) is -0.273. The number of aromatic nitrogens is 2. The van der Waals surface area contributed by atoms with E-state index in [-0.39, 0.29) is 5.91 Å². The molecule has 4 heteroatoms. The van der Waals surface area contributed by atoms with Crippen LogP contribution in [0.1, 0.15) is 63.6 Å². The van der Waals surface area contributed by atoms with E-state index in [4.69, 9.17) is 5.73 Å². The fourth-order valence-electron chi connectivity index (χ4n) is 2.23. The molecule has 4 nitrogen and oxygen atoms in total. The zero-order valence-electron chi connectivity index (χ0n) is 12.3. The smallest absolute Gasteiger partial charge is 0.221 e. The number of aryl methyl sites for hydroxylation is 2. The van der Waals surface area contributed by atoms with E-state index in [9.17, 15) is 4.79 Å². The second-order valence-electron chi connectivity index (χ2n) is 5.17. The van der Waals surface area contributed by atoms with E-state index in [2.05, 4.69) is 18.9 Å². The molecule has 1 heterocycles. The second kappa shape index (κ2) is 8.73. The third-order valence-corrected chi connectivity index (χ3v) is 3.30. The highest BCUT2D eigenvalue weighted by atomic mass is 16.1. The standard InChI is InChI=1S/C15H27N3O/c1-3-5-7-9-14-13(11-15(16)19)12-18(17-14)10-8-6-4-2/h12H,3-11H2,1-2H3,(H2,16,19). The molecule has 0 saturated carbocycles. The molecule has 0 fully saturated rings. The van der Waals surface area contributed by atoms with E-state index in [0.29, 0.717) is 6.42 Å². The Morgan fingerprint density at radius 1 is 1.21 bits per heavy atom. The van der Waals surface area contributed by atoms with Gasteiger partial charge in [0, 0.05) is 18.3 Å². The molecule has 0 aliphatic heterocycles. The quantitative estimate of drug-likeness (QED) is 0.661. The predicted octanol–water partition coefficient (Wildman–Crippen LogP) is 2.83. The van der Waals surface area contributed by atoms with Crippen LogP contribution in [-0.4, -0.2) is 15.7 Å². The van der Waals surface area contributed by atoms with Crippen LogP contribution in [0.25, 0.3) is 0 Å². The summed E-state index contributed by atoms with van der Waals surface area (Å²) in [6.45, 7) is 5.32. The highest BCUT2D eigenvalue weighted by molar-refractivity contribution is 5.76. The van der Waals surface area contributed by atoms with Crippen LogP contribution in [0.3, 0.4) is 0 Å². The number of carbonyl (C=O) groups excluding carboxylic acids is 1. The number of amides is 1. The Bertz CT molecular complexity index is 385. The van der Waals surface area contributed by atoms with Crippen LogP contribution < -0.4 is 5.73 Å². The van der Waals surface area contributed by atoms with Crippen molar-refractivity contribution in [3.05, 3.63) is 17.5 Å². The van der Waals surface area contributed by atoms with Gasteiger partial charge in [0.25, 0.3) is 0 Å². The van der Waals surface area contributed by atoms with E-state index in [0.717, 1.165) is 37.1 Å². The summed E-state index contributed by atoms with van der Waals surface area (Å²) >= 11 is 0. The molecule has 0 spiro atoms. The average molecular weight is 265 g/mol. The van der Waals surface area contributed by atoms with Crippen LogP contribution in [0.5, 0.6) is 0 Å². The number of unbranched alkanes of at least 4 members (excludes halogenated alkanes) is 4. The molecule has 1 rings (SSSR count). The molecule has 1 amide bonds. The van der Waals surface area contributed by atoms with Crippen molar-refractivity contribution in [1.29, 1.82) is 0 Å². The third-order valence-electron chi connectivity index (χ3n) is 3.30. The Kier molecular flexibility index (Phi) is 7.23. The summed E-state index contributed by atoms with van der Waals surface area (Å²) in [6, 6.07) is 0. The molecular weight excluding hydrogens is 238 g/mol. The SMILES string of the molecule is CCCCCc1nn(CCCCC)cc1CC(N)=O. The summed E-state index contributed by atoms with van der Waals surface area (Å²) in [5, 5.41) is 4.62. The number of primary amides is 1. The van der Waals surface area contributed by atoms with E-state index in [1.54, 1.807) is 0 Å². The summed E-state index contributed by atoms with van der Waals surface area (Å²) in [7, 11) is 0. The van der Waals surface area contributed by atoms with Gasteiger partial charge in [0.15, 0.2) is 0 Å². The number of nitrogens with two attached hydrogens (primary N) is 1. The van der Waals surface area contributed by atoms with E-state index in [1.165, 1.54) is 25.7 Å². The molecule has 1 aromatic heterocycles. The minimum Gasteiger partial charge on any atom is -0.369 e. The highest BCUT2D eigenvalue weighted by Gasteiger charge is 2.10. The molecule has 0 aromatic carbocycles. The lowest BCUT2D eigenvalue weighted by Gasteiger charge is -2.00. The Morgan fingerprint density at radius 2 is 1.89 bits per heavy atom. The van der Waals surface area contributed by atoms with Crippen molar-refractivity contribution in [3.8, 4) is 0 Å². The molecule has 108 valence electrons. The Hall–Kier alpha value is -1.32. The van der Waals surface area contributed by atoms with Crippen molar-refractivity contribution in [3.63, 3.8) is 0 Å². The van der Waals surface area contributed by atoms with E-state index >= 15 is 0 Å². The van der Waals surface area contributed by atoms with E-state index in [1.807, 2.05) is 10.9 Å². The first-order valence-electron chi connectivity index (χ1n) is 7.50. The van der Waals surface area contributed by atoms with Gasteiger partial charge in [0.2, 0.25) is 5.91 Å². The van der Waals surface area contributed by atoms with Crippen molar-refractivity contribution in [2.75, 3.05) is 0 Å². The first kappa shape index (κ1) is 15.7. The molecule has 19 heavy (non-hydrogen) atoms. The van der Waals surface area contributed by atoms with Crippen molar-refractivity contribution in [2.24, 2.45) is 5.73 Å². The van der Waals surface area contributed by atoms with Crippen LogP contribution in [-0.2, 0) is 24.2 Å². The predicted molar refractivity (Wildman–Crippen MR) is 77.9 cm³/mol. The minimum absolute atomic E-state index is 0.273. The lowest BCUT2D eigenvalue weighted by molar-refractivity contribution is -0.117. The van der Waals surface area contributed by atoms with Gasteiger partial charge in [0.05, 0.1) is 12.1 Å². The van der Waals surface area contributed by atoms with Crippen molar-refractivity contribution >= 4 is 5.91 Å². The van der Waals surface area contributed by atoms with Gasteiger partial charge in [-0.1, -0.05) is 39.5 Å². The second-order valence-corrected chi connectivity index (χ2v) is 5.17. The number of rotatable bonds is 10. The maximum Gasteiger partial charge on any atom is 0.221 e. The lowest BCUT2D eigenvalue weighted by Crippen LogP contribution is -2.14. The largest absolute Gasteiger partial charge is 0.369 e. The van der Waals surface area contributed by atoms with Crippen LogP contribution in [0, 0.1) is 0 Å². The summed E-state index contributed by atoms with van der Waals surface area (Å²) in [6.07, 6.45) is 10.4. The van der Waals surface area contributed by atoms with Crippen molar-refractivity contribution in [1.82, 2.24) is 9.78 Å². The van der Waals surface area contributed by atoms with Gasteiger partial charge in [-0.25, -0.2) is 0 Å². The fourth-order valence-corrected chi connectivity index (χ4v) is 2.23. The Balaban J connectivity index is 2.65. The Labute approximate surface area is 116 Å². The molecule has 0 bridgehead atoms. The van der Waals surface area contributed by atoms with Crippen LogP contribution in [0.15, 0.2) is 6.20 Å². The Morgan fingerprint density at radius 3 is 2.53 bits per heavy atom. The zero-order chi connectivity index (χ0) is 14.1. The molecular formula is C15H27N3O. The van der Waals surface area contributed by atoms with Crippen LogP contribution in [0.4, 0.5) is 0 Å². The highest BCUT2D eigenvalue weighted by Crippen LogP contribution is 2.13.